The molecule has 3 aromatic carbocycles. The molecule has 3 rings (SSSR count). The first-order valence-electron chi connectivity index (χ1n) is 9.19. The van der Waals surface area contributed by atoms with E-state index in [1.807, 2.05) is 12.1 Å². The minimum absolute atomic E-state index is 0.890. The Hall–Kier alpha value is -1.62. The largest absolute Gasteiger partial charge is 0.134 e. The lowest BCUT2D eigenvalue weighted by molar-refractivity contribution is 1.48. The summed E-state index contributed by atoms with van der Waals surface area (Å²) in [4.78, 5) is 0. The van der Waals surface area contributed by atoms with E-state index in [1.54, 1.807) is 0 Å². The highest BCUT2D eigenvalue weighted by Crippen LogP contribution is 2.09. The minimum Gasteiger partial charge on any atom is -0.0845 e. The molecule has 0 saturated carbocycles. The van der Waals surface area contributed by atoms with E-state index in [0.717, 1.165) is 5.02 Å². The van der Waals surface area contributed by atoms with Crippen LogP contribution in [0.3, 0.4) is 0 Å². The van der Waals surface area contributed by atoms with Gasteiger partial charge in [-0.05, 0) is 25.1 Å². The van der Waals surface area contributed by atoms with E-state index in [-0.39, 0.29) is 0 Å². The van der Waals surface area contributed by atoms with Gasteiger partial charge in [0.15, 0.2) is 0 Å². The van der Waals surface area contributed by atoms with Crippen molar-refractivity contribution in [3.05, 3.63) is 82.9 Å². The second kappa shape index (κ2) is 7.55. The van der Waals surface area contributed by atoms with Crippen LogP contribution in [-0.2, 0) is 0 Å². The molecule has 0 heterocycles. The van der Waals surface area contributed by atoms with E-state index in [4.69, 9.17) is 11.6 Å². The average Bonchev–Trinajstić information content (AvgIpc) is 2.57. The van der Waals surface area contributed by atoms with Crippen molar-refractivity contribution in [1.29, 1.82) is 0 Å². The normalized spacial score (nSPS) is 12.8. The highest BCUT2D eigenvalue weighted by molar-refractivity contribution is 6.97. The summed E-state index contributed by atoms with van der Waals surface area (Å²) in [5, 5.41) is 6.63. The van der Waals surface area contributed by atoms with Crippen LogP contribution >= 0.6 is 11.6 Å². The third kappa shape index (κ3) is 4.20. The quantitative estimate of drug-likeness (QED) is 0.467. The van der Waals surface area contributed by atoms with Crippen molar-refractivity contribution in [2.24, 2.45) is 0 Å². The fourth-order valence-electron chi connectivity index (χ4n) is 3.43. The summed E-state index contributed by atoms with van der Waals surface area (Å²) in [5.41, 5.74) is 2.66. The lowest BCUT2D eigenvalue weighted by Crippen LogP contribution is -2.54. The Morgan fingerprint density at radius 2 is 1.38 bits per heavy atom. The van der Waals surface area contributed by atoms with Crippen molar-refractivity contribution in [3.8, 4) is 0 Å². The van der Waals surface area contributed by atoms with Gasteiger partial charge >= 0.3 is 0 Å². The van der Waals surface area contributed by atoms with Gasteiger partial charge in [-0.2, -0.15) is 0 Å². The number of halogens is 1. The van der Waals surface area contributed by atoms with Gasteiger partial charge in [0.2, 0.25) is 0 Å². The third-order valence-corrected chi connectivity index (χ3v) is 10.7. The first kappa shape index (κ1) is 19.2. The molecule has 0 spiro atoms. The molecule has 26 heavy (non-hydrogen) atoms. The molecule has 134 valence electrons. The zero-order valence-corrected chi connectivity index (χ0v) is 19.2. The summed E-state index contributed by atoms with van der Waals surface area (Å²) >= 11 is 6.66. The molecule has 0 aliphatic carbocycles. The topological polar surface area (TPSA) is 0 Å². The Balaban J connectivity index is 2.23. The number of aryl methyl sites for hydroxylation is 2. The summed E-state index contributed by atoms with van der Waals surface area (Å²) < 4.78 is 0. The molecule has 3 heteroatoms. The summed E-state index contributed by atoms with van der Waals surface area (Å²) in [6, 6.07) is 24.7. The zero-order chi connectivity index (χ0) is 18.9. The molecule has 0 aliphatic heterocycles. The molecule has 0 fully saturated rings. The van der Waals surface area contributed by atoms with Crippen LogP contribution in [0.5, 0.6) is 0 Å². The van der Waals surface area contributed by atoms with Crippen LogP contribution in [0.2, 0.25) is 24.7 Å². The molecule has 0 bridgehead atoms. The second-order valence-corrected chi connectivity index (χ2v) is 16.6. The standard InChI is InChI=1S/C23H27ClSi2/c1-17-10-12-19(13-11-17)25(23-9-7-6-8-22(23)24)20-14-18(2)15-21(16-20)26(3,4)5/h6-16,25H,1-5H3. The summed E-state index contributed by atoms with van der Waals surface area (Å²) in [6.07, 6.45) is 0. The van der Waals surface area contributed by atoms with E-state index >= 15 is 0 Å². The number of rotatable bonds is 4. The fraction of sp³-hybridized carbons (Fsp3) is 0.217. The predicted molar refractivity (Wildman–Crippen MR) is 123 cm³/mol. The van der Waals surface area contributed by atoms with Gasteiger partial charge in [-0.15, -0.1) is 0 Å². The first-order valence-corrected chi connectivity index (χ1v) is 14.8. The number of hydrogen-bond acceptors (Lipinski definition) is 0. The van der Waals surface area contributed by atoms with Crippen molar-refractivity contribution in [2.75, 3.05) is 0 Å². The van der Waals surface area contributed by atoms with E-state index in [9.17, 15) is 0 Å². The molecule has 0 aliphatic rings. The van der Waals surface area contributed by atoms with Crippen LogP contribution in [0.1, 0.15) is 11.1 Å². The van der Waals surface area contributed by atoms with Gasteiger partial charge in [0.1, 0.15) is 8.80 Å². The van der Waals surface area contributed by atoms with Crippen molar-refractivity contribution >= 4 is 49.2 Å². The maximum absolute atomic E-state index is 6.66. The van der Waals surface area contributed by atoms with Crippen LogP contribution < -0.4 is 20.7 Å². The van der Waals surface area contributed by atoms with Crippen LogP contribution in [0.25, 0.3) is 0 Å². The summed E-state index contributed by atoms with van der Waals surface area (Å²) in [7, 11) is -2.98. The highest BCUT2D eigenvalue weighted by atomic mass is 35.5. The molecular formula is C23H27ClSi2. The number of benzene rings is 3. The third-order valence-electron chi connectivity index (χ3n) is 4.93. The second-order valence-electron chi connectivity index (χ2n) is 8.25. The molecule has 0 nitrogen and oxygen atoms in total. The lowest BCUT2D eigenvalue weighted by atomic mass is 10.2. The Bertz CT molecular complexity index is 908. The first-order chi connectivity index (χ1) is 12.3. The van der Waals surface area contributed by atoms with E-state index in [2.05, 4.69) is 88.1 Å². The van der Waals surface area contributed by atoms with Crippen molar-refractivity contribution in [2.45, 2.75) is 33.5 Å². The molecule has 0 amide bonds. The lowest BCUT2D eigenvalue weighted by Gasteiger charge is -2.23. The Morgan fingerprint density at radius 3 is 2.00 bits per heavy atom. The molecule has 0 radical (unpaired) electrons. The van der Waals surface area contributed by atoms with Crippen LogP contribution in [-0.4, -0.2) is 16.9 Å². The van der Waals surface area contributed by atoms with Gasteiger partial charge < -0.3 is 0 Å². The summed E-state index contributed by atoms with van der Waals surface area (Å²) in [5.74, 6) is 0. The van der Waals surface area contributed by atoms with Gasteiger partial charge in [0.25, 0.3) is 0 Å². The van der Waals surface area contributed by atoms with Crippen molar-refractivity contribution < 1.29 is 0 Å². The van der Waals surface area contributed by atoms with E-state index in [1.165, 1.54) is 31.9 Å². The fourth-order valence-corrected chi connectivity index (χ4v) is 8.45. The maximum atomic E-state index is 6.66. The maximum Gasteiger partial charge on any atom is 0.134 e. The van der Waals surface area contributed by atoms with Gasteiger partial charge in [0, 0.05) is 5.02 Å². The molecular weight excluding hydrogens is 368 g/mol. The van der Waals surface area contributed by atoms with Crippen LogP contribution in [0, 0.1) is 13.8 Å². The van der Waals surface area contributed by atoms with Crippen LogP contribution in [0.15, 0.2) is 66.7 Å². The van der Waals surface area contributed by atoms with E-state index in [0.29, 0.717) is 0 Å². The van der Waals surface area contributed by atoms with Gasteiger partial charge in [0.05, 0.1) is 8.07 Å². The predicted octanol–water partition coefficient (Wildman–Crippen LogP) is 3.75. The zero-order valence-electron chi connectivity index (χ0n) is 16.3. The minimum atomic E-state index is -1.61. The Morgan fingerprint density at radius 1 is 0.731 bits per heavy atom. The molecule has 0 aromatic heterocycles. The molecule has 0 N–H and O–H groups in total. The highest BCUT2D eigenvalue weighted by Gasteiger charge is 2.24. The van der Waals surface area contributed by atoms with Crippen LogP contribution in [0.4, 0.5) is 0 Å². The number of hydrogen-bond donors (Lipinski definition) is 0. The Labute approximate surface area is 165 Å². The average molecular weight is 395 g/mol. The smallest absolute Gasteiger partial charge is 0.0845 e. The van der Waals surface area contributed by atoms with Gasteiger partial charge in [-0.1, -0.05) is 119 Å². The van der Waals surface area contributed by atoms with Gasteiger partial charge in [-0.25, -0.2) is 0 Å². The van der Waals surface area contributed by atoms with E-state index < -0.39 is 16.9 Å². The van der Waals surface area contributed by atoms with Crippen molar-refractivity contribution in [3.63, 3.8) is 0 Å². The molecule has 3 aromatic rings. The van der Waals surface area contributed by atoms with Gasteiger partial charge in [-0.3, -0.25) is 0 Å². The van der Waals surface area contributed by atoms with Crippen molar-refractivity contribution in [1.82, 2.24) is 0 Å². The SMILES string of the molecule is Cc1ccc([SiH](c2cc(C)cc([Si](C)(C)C)c2)c2ccccc2Cl)cc1. The Kier molecular flexibility index (Phi) is 5.56. The molecule has 1 unspecified atom stereocenters. The monoisotopic (exact) mass is 394 g/mol. The summed E-state index contributed by atoms with van der Waals surface area (Å²) in [6.45, 7) is 11.6. The molecule has 1 atom stereocenters. The molecule has 0 saturated heterocycles.